The Bertz CT molecular complexity index is 464. The van der Waals surface area contributed by atoms with Crippen LogP contribution in [0.1, 0.15) is 24.2 Å². The number of aromatic nitrogens is 1. The van der Waals surface area contributed by atoms with Crippen molar-refractivity contribution in [1.82, 2.24) is 15.2 Å². The van der Waals surface area contributed by atoms with Gasteiger partial charge >= 0.3 is 0 Å². The topological polar surface area (TPSA) is 83.3 Å². The van der Waals surface area contributed by atoms with Crippen LogP contribution < -0.4 is 16.6 Å². The van der Waals surface area contributed by atoms with E-state index in [0.717, 1.165) is 11.0 Å². The maximum atomic E-state index is 12.4. The van der Waals surface area contributed by atoms with Crippen LogP contribution in [0.4, 0.5) is 5.82 Å². The van der Waals surface area contributed by atoms with E-state index in [2.05, 4.69) is 45.5 Å². The van der Waals surface area contributed by atoms with Crippen molar-refractivity contribution in [3.63, 3.8) is 0 Å². The Morgan fingerprint density at radius 3 is 2.65 bits per heavy atom. The molecule has 0 aromatic carbocycles. The molecular weight excluding hydrogens is 322 g/mol. The second-order valence-electron chi connectivity index (χ2n) is 5.28. The van der Waals surface area contributed by atoms with E-state index in [4.69, 9.17) is 5.84 Å². The van der Waals surface area contributed by atoms with Gasteiger partial charge in [0.15, 0.2) is 5.82 Å². The third kappa shape index (κ3) is 4.73. The molecule has 1 aromatic rings. The maximum Gasteiger partial charge on any atom is 0.255 e. The number of nitrogen functional groups attached to an aromatic ring is 1. The first-order valence-electron chi connectivity index (χ1n) is 6.43. The fourth-order valence-electron chi connectivity index (χ4n) is 1.79. The van der Waals surface area contributed by atoms with Crippen molar-refractivity contribution in [2.24, 2.45) is 11.8 Å². The number of nitrogens with two attached hydrogens (primary N) is 1. The van der Waals surface area contributed by atoms with Crippen molar-refractivity contribution in [2.45, 2.75) is 19.9 Å². The average molecular weight is 344 g/mol. The molecule has 1 heterocycles. The molecule has 7 heteroatoms. The van der Waals surface area contributed by atoms with Crippen molar-refractivity contribution in [1.29, 1.82) is 0 Å². The molecule has 112 valence electrons. The zero-order chi connectivity index (χ0) is 15.3. The average Bonchev–Trinajstić information content (AvgIpc) is 2.37. The number of carbonyl (C=O) groups excluding carboxylic acids is 1. The Labute approximate surface area is 128 Å². The number of hydrazine groups is 1. The van der Waals surface area contributed by atoms with Crippen LogP contribution in [0.25, 0.3) is 0 Å². The van der Waals surface area contributed by atoms with E-state index in [0.29, 0.717) is 17.3 Å². The Morgan fingerprint density at radius 2 is 2.15 bits per heavy atom. The van der Waals surface area contributed by atoms with Crippen LogP contribution >= 0.6 is 15.9 Å². The molecule has 4 N–H and O–H groups in total. The smallest absolute Gasteiger partial charge is 0.255 e. The number of nitrogens with one attached hydrogen (secondary N) is 2. The third-order valence-corrected chi connectivity index (χ3v) is 3.35. The van der Waals surface area contributed by atoms with Crippen LogP contribution in [0.3, 0.4) is 0 Å². The second-order valence-corrected chi connectivity index (χ2v) is 6.20. The van der Waals surface area contributed by atoms with Crippen LogP contribution in [-0.4, -0.2) is 42.5 Å². The first-order chi connectivity index (χ1) is 9.35. The molecule has 1 unspecified atom stereocenters. The number of hydrogen-bond donors (Lipinski definition) is 3. The van der Waals surface area contributed by atoms with Gasteiger partial charge in [-0.05, 0) is 42.0 Å². The summed E-state index contributed by atoms with van der Waals surface area (Å²) in [6, 6.07) is 1.76. The lowest BCUT2D eigenvalue weighted by Crippen LogP contribution is -2.45. The number of halogens is 1. The molecule has 0 aliphatic rings. The lowest BCUT2D eigenvalue weighted by molar-refractivity contribution is 0.0917. The van der Waals surface area contributed by atoms with Crippen LogP contribution in [0.2, 0.25) is 0 Å². The molecular formula is C13H22BrN5O. The quantitative estimate of drug-likeness (QED) is 0.537. The largest absolute Gasteiger partial charge is 0.348 e. The van der Waals surface area contributed by atoms with Crippen LogP contribution in [0.15, 0.2) is 16.7 Å². The summed E-state index contributed by atoms with van der Waals surface area (Å²) in [6.07, 6.45) is 1.59. The van der Waals surface area contributed by atoms with E-state index in [-0.39, 0.29) is 11.9 Å². The number of pyridine rings is 1. The van der Waals surface area contributed by atoms with Gasteiger partial charge in [0, 0.05) is 23.3 Å². The summed E-state index contributed by atoms with van der Waals surface area (Å²) >= 11 is 3.31. The lowest BCUT2D eigenvalue weighted by atomic mass is 10.0. The summed E-state index contributed by atoms with van der Waals surface area (Å²) in [5.74, 6) is 5.89. The predicted molar refractivity (Wildman–Crippen MR) is 84.4 cm³/mol. The van der Waals surface area contributed by atoms with Gasteiger partial charge in [-0.2, -0.15) is 0 Å². The van der Waals surface area contributed by atoms with E-state index in [9.17, 15) is 4.79 Å². The van der Waals surface area contributed by atoms with Gasteiger partial charge in [0.05, 0.1) is 5.56 Å². The minimum Gasteiger partial charge on any atom is -0.348 e. The number of anilines is 1. The Kier molecular flexibility index (Phi) is 6.38. The lowest BCUT2D eigenvalue weighted by Gasteiger charge is -2.26. The number of likely N-dealkylation sites (N-methyl/N-ethyl adjacent to an activating group) is 1. The molecule has 0 spiro atoms. The molecule has 0 saturated carbocycles. The van der Waals surface area contributed by atoms with Crippen molar-refractivity contribution in [3.8, 4) is 0 Å². The molecule has 1 rings (SSSR count). The van der Waals surface area contributed by atoms with Gasteiger partial charge in [0.1, 0.15) is 0 Å². The van der Waals surface area contributed by atoms with Crippen LogP contribution in [0, 0.1) is 5.92 Å². The highest BCUT2D eigenvalue weighted by atomic mass is 79.9. The summed E-state index contributed by atoms with van der Waals surface area (Å²) in [7, 11) is 3.96. The highest BCUT2D eigenvalue weighted by Gasteiger charge is 2.20. The number of carbonyl (C=O) groups is 1. The van der Waals surface area contributed by atoms with Crippen LogP contribution in [0.5, 0.6) is 0 Å². The summed E-state index contributed by atoms with van der Waals surface area (Å²) < 4.78 is 0.732. The zero-order valence-electron chi connectivity index (χ0n) is 12.3. The van der Waals surface area contributed by atoms with E-state index < -0.39 is 0 Å². The molecule has 0 bridgehead atoms. The fourth-order valence-corrected chi connectivity index (χ4v) is 2.12. The maximum absolute atomic E-state index is 12.4. The van der Waals surface area contributed by atoms with Gasteiger partial charge in [-0.3, -0.25) is 4.79 Å². The molecule has 1 atom stereocenters. The summed E-state index contributed by atoms with van der Waals surface area (Å²) in [4.78, 5) is 18.5. The number of amides is 1. The van der Waals surface area contributed by atoms with Gasteiger partial charge in [-0.15, -0.1) is 0 Å². The minimum atomic E-state index is -0.188. The van der Waals surface area contributed by atoms with Crippen molar-refractivity contribution >= 4 is 27.7 Å². The van der Waals surface area contributed by atoms with Gasteiger partial charge in [0.2, 0.25) is 0 Å². The van der Waals surface area contributed by atoms with Crippen LogP contribution in [-0.2, 0) is 0 Å². The zero-order valence-corrected chi connectivity index (χ0v) is 13.9. The first kappa shape index (κ1) is 16.9. The standard InChI is InChI=1S/C13H22BrN5O/c1-8(2)11(7-19(3)4)17-13(20)10-5-9(14)6-16-12(10)18-15/h5-6,8,11H,7,15H2,1-4H3,(H,16,18)(H,17,20). The van der Waals surface area contributed by atoms with Crippen molar-refractivity contribution in [2.75, 3.05) is 26.1 Å². The number of nitrogens with zero attached hydrogens (tertiary/aromatic N) is 2. The van der Waals surface area contributed by atoms with Gasteiger partial charge < -0.3 is 15.6 Å². The van der Waals surface area contributed by atoms with Gasteiger partial charge in [-0.25, -0.2) is 10.8 Å². The molecule has 1 amide bonds. The van der Waals surface area contributed by atoms with E-state index in [1.807, 2.05) is 19.0 Å². The van der Waals surface area contributed by atoms with E-state index >= 15 is 0 Å². The second kappa shape index (κ2) is 7.56. The molecule has 0 fully saturated rings. The Balaban J connectivity index is 2.91. The van der Waals surface area contributed by atoms with Crippen molar-refractivity contribution in [3.05, 3.63) is 22.3 Å². The van der Waals surface area contributed by atoms with Gasteiger partial charge in [0.25, 0.3) is 5.91 Å². The number of rotatable bonds is 6. The molecule has 0 aliphatic heterocycles. The molecule has 0 aliphatic carbocycles. The first-order valence-corrected chi connectivity index (χ1v) is 7.22. The fraction of sp³-hybridized carbons (Fsp3) is 0.538. The molecule has 0 saturated heterocycles. The normalized spacial score (nSPS) is 12.6. The monoisotopic (exact) mass is 343 g/mol. The van der Waals surface area contributed by atoms with Gasteiger partial charge in [-0.1, -0.05) is 13.8 Å². The Morgan fingerprint density at radius 1 is 1.50 bits per heavy atom. The SMILES string of the molecule is CC(C)C(CN(C)C)NC(=O)c1cc(Br)cnc1NN. The van der Waals surface area contributed by atoms with Crippen molar-refractivity contribution < 1.29 is 4.79 Å². The third-order valence-electron chi connectivity index (χ3n) is 2.92. The highest BCUT2D eigenvalue weighted by molar-refractivity contribution is 9.10. The summed E-state index contributed by atoms with van der Waals surface area (Å²) in [5.41, 5.74) is 2.87. The molecule has 1 aromatic heterocycles. The molecule has 20 heavy (non-hydrogen) atoms. The van der Waals surface area contributed by atoms with E-state index in [1.54, 1.807) is 12.3 Å². The summed E-state index contributed by atoms with van der Waals surface area (Å²) in [6.45, 7) is 4.93. The summed E-state index contributed by atoms with van der Waals surface area (Å²) in [5, 5.41) is 3.03. The minimum absolute atomic E-state index is 0.0575. The number of hydrogen-bond acceptors (Lipinski definition) is 5. The molecule has 6 nitrogen and oxygen atoms in total. The predicted octanol–water partition coefficient (Wildman–Crippen LogP) is 1.45. The Hall–Kier alpha value is -1.18. The highest BCUT2D eigenvalue weighted by Crippen LogP contribution is 2.17. The molecule has 0 radical (unpaired) electrons. The van der Waals surface area contributed by atoms with E-state index in [1.165, 1.54) is 0 Å².